The molecule has 168 valence electrons. The van der Waals surface area contributed by atoms with Crippen LogP contribution in [0.5, 0.6) is 5.75 Å². The summed E-state index contributed by atoms with van der Waals surface area (Å²) in [5, 5.41) is 13.4. The number of aryl methyl sites for hydroxylation is 3. The van der Waals surface area contributed by atoms with Crippen molar-refractivity contribution in [2.75, 3.05) is 19.0 Å². The molecular weight excluding hydrogens is 429 g/mol. The number of thiazole rings is 1. The Hall–Kier alpha value is -3.00. The van der Waals surface area contributed by atoms with Gasteiger partial charge in [-0.25, -0.2) is 14.4 Å². The number of methoxy groups -OCH3 is 1. The molecule has 0 radical (unpaired) electrons. The van der Waals surface area contributed by atoms with Crippen LogP contribution in [-0.4, -0.2) is 34.7 Å². The summed E-state index contributed by atoms with van der Waals surface area (Å²) in [5.74, 6) is -0.815. The number of carbonyl (C=O) groups is 1. The molecule has 0 spiro atoms. The highest BCUT2D eigenvalue weighted by atomic mass is 32.1. The molecule has 1 aromatic carbocycles. The Morgan fingerprint density at radius 3 is 2.97 bits per heavy atom. The van der Waals surface area contributed by atoms with Crippen LogP contribution in [0.4, 0.5) is 10.2 Å². The fourth-order valence-corrected chi connectivity index (χ4v) is 5.06. The number of nitrogens with zero attached hydrogens (tertiary/aromatic N) is 2. The van der Waals surface area contributed by atoms with E-state index in [2.05, 4.69) is 22.4 Å². The molecule has 0 saturated carbocycles. The number of rotatable bonds is 9. The molecular formula is C24H26FN3O3S. The molecule has 1 unspecified atom stereocenters. The number of carboxylic acid groups (broad SMARTS) is 1. The SMILES string of the molecule is COc1ccc(C(CC(=O)O)c2ncc(CCCc3ccc4c(n3)NCCC4)s2)cc1F. The van der Waals surface area contributed by atoms with Crippen molar-refractivity contribution in [1.29, 1.82) is 0 Å². The van der Waals surface area contributed by atoms with Gasteiger partial charge in [0.25, 0.3) is 0 Å². The molecule has 1 aliphatic rings. The van der Waals surface area contributed by atoms with Gasteiger partial charge in [-0.2, -0.15) is 0 Å². The number of nitrogens with one attached hydrogen (secondary N) is 1. The van der Waals surface area contributed by atoms with E-state index in [0.717, 1.165) is 55.0 Å². The van der Waals surface area contributed by atoms with E-state index >= 15 is 0 Å². The summed E-state index contributed by atoms with van der Waals surface area (Å²) < 4.78 is 19.2. The summed E-state index contributed by atoms with van der Waals surface area (Å²) in [7, 11) is 1.40. The van der Waals surface area contributed by atoms with Crippen molar-refractivity contribution in [3.63, 3.8) is 0 Å². The van der Waals surface area contributed by atoms with Gasteiger partial charge < -0.3 is 15.2 Å². The van der Waals surface area contributed by atoms with E-state index in [1.165, 1.54) is 36.1 Å². The minimum absolute atomic E-state index is 0.133. The highest BCUT2D eigenvalue weighted by molar-refractivity contribution is 7.11. The molecule has 0 aliphatic carbocycles. The summed E-state index contributed by atoms with van der Waals surface area (Å²) >= 11 is 1.49. The first-order chi connectivity index (χ1) is 15.5. The zero-order chi connectivity index (χ0) is 22.5. The first-order valence-corrected chi connectivity index (χ1v) is 11.6. The maximum absolute atomic E-state index is 14.2. The molecule has 1 atom stereocenters. The summed E-state index contributed by atoms with van der Waals surface area (Å²) in [6.07, 6.45) is 6.50. The third-order valence-corrected chi connectivity index (χ3v) is 6.81. The minimum atomic E-state index is -0.949. The summed E-state index contributed by atoms with van der Waals surface area (Å²) in [4.78, 5) is 21.7. The normalized spacial score (nSPS) is 13.8. The molecule has 0 fully saturated rings. The number of hydrogen-bond acceptors (Lipinski definition) is 6. The Morgan fingerprint density at radius 1 is 1.31 bits per heavy atom. The van der Waals surface area contributed by atoms with Gasteiger partial charge in [0.05, 0.1) is 13.5 Å². The number of aromatic nitrogens is 2. The molecule has 32 heavy (non-hydrogen) atoms. The average molecular weight is 456 g/mol. The number of hydrogen-bond donors (Lipinski definition) is 2. The lowest BCUT2D eigenvalue weighted by molar-refractivity contribution is -0.137. The van der Waals surface area contributed by atoms with Gasteiger partial charge in [-0.05, 0) is 61.4 Å². The zero-order valence-electron chi connectivity index (χ0n) is 17.9. The van der Waals surface area contributed by atoms with Crippen molar-refractivity contribution < 1.29 is 19.0 Å². The van der Waals surface area contributed by atoms with E-state index in [0.29, 0.717) is 10.6 Å². The number of halogens is 1. The molecule has 1 aliphatic heterocycles. The third kappa shape index (κ3) is 5.24. The van der Waals surface area contributed by atoms with E-state index < -0.39 is 17.7 Å². The number of aliphatic carboxylic acids is 1. The molecule has 2 aromatic heterocycles. The van der Waals surface area contributed by atoms with Crippen molar-refractivity contribution in [1.82, 2.24) is 9.97 Å². The largest absolute Gasteiger partial charge is 0.494 e. The number of anilines is 1. The van der Waals surface area contributed by atoms with Gasteiger partial charge in [0.15, 0.2) is 11.6 Å². The number of carboxylic acids is 1. The van der Waals surface area contributed by atoms with Gasteiger partial charge in [-0.1, -0.05) is 12.1 Å². The first kappa shape index (κ1) is 22.2. The second-order valence-electron chi connectivity index (χ2n) is 7.90. The van der Waals surface area contributed by atoms with Gasteiger partial charge in [-0.15, -0.1) is 11.3 Å². The topological polar surface area (TPSA) is 84.3 Å². The highest BCUT2D eigenvalue weighted by Gasteiger charge is 2.23. The van der Waals surface area contributed by atoms with Gasteiger partial charge in [0, 0.05) is 29.2 Å². The molecule has 3 heterocycles. The minimum Gasteiger partial charge on any atom is -0.494 e. The fraction of sp³-hybridized carbons (Fsp3) is 0.375. The average Bonchev–Trinajstić information content (AvgIpc) is 3.26. The quantitative estimate of drug-likeness (QED) is 0.481. The lowest BCUT2D eigenvalue weighted by Gasteiger charge is -2.17. The molecule has 3 aromatic rings. The molecule has 6 nitrogen and oxygen atoms in total. The number of fused-ring (bicyclic) bond motifs is 1. The summed E-state index contributed by atoms with van der Waals surface area (Å²) in [5.41, 5.74) is 2.93. The van der Waals surface area contributed by atoms with Crippen LogP contribution in [0.25, 0.3) is 0 Å². The van der Waals surface area contributed by atoms with Crippen LogP contribution in [0.1, 0.15) is 51.9 Å². The Balaban J connectivity index is 1.42. The van der Waals surface area contributed by atoms with Crippen LogP contribution < -0.4 is 10.1 Å². The van der Waals surface area contributed by atoms with Crippen molar-refractivity contribution >= 4 is 23.1 Å². The lowest BCUT2D eigenvalue weighted by atomic mass is 9.96. The zero-order valence-corrected chi connectivity index (χ0v) is 18.8. The van der Waals surface area contributed by atoms with Gasteiger partial charge in [-0.3, -0.25) is 4.79 Å². The maximum atomic E-state index is 14.2. The molecule has 4 rings (SSSR count). The molecule has 0 bridgehead atoms. The van der Waals surface area contributed by atoms with Crippen LogP contribution in [0, 0.1) is 5.82 Å². The lowest BCUT2D eigenvalue weighted by Crippen LogP contribution is -2.14. The van der Waals surface area contributed by atoms with Crippen LogP contribution in [0.3, 0.4) is 0 Å². The Kier molecular flexibility index (Phi) is 6.99. The van der Waals surface area contributed by atoms with Gasteiger partial charge in [0.2, 0.25) is 0 Å². The second kappa shape index (κ2) is 10.1. The van der Waals surface area contributed by atoms with Crippen LogP contribution in [0.15, 0.2) is 36.5 Å². The second-order valence-corrected chi connectivity index (χ2v) is 9.05. The molecule has 2 N–H and O–H groups in total. The van der Waals surface area contributed by atoms with Crippen molar-refractivity contribution in [3.8, 4) is 5.75 Å². The van der Waals surface area contributed by atoms with E-state index in [4.69, 9.17) is 9.72 Å². The van der Waals surface area contributed by atoms with Crippen LogP contribution in [-0.2, 0) is 24.1 Å². The highest BCUT2D eigenvalue weighted by Crippen LogP contribution is 2.33. The maximum Gasteiger partial charge on any atom is 0.304 e. The fourth-order valence-electron chi connectivity index (χ4n) is 3.97. The van der Waals surface area contributed by atoms with Crippen LogP contribution in [0.2, 0.25) is 0 Å². The predicted molar refractivity (Wildman–Crippen MR) is 122 cm³/mol. The molecule has 0 saturated heterocycles. The van der Waals surface area contributed by atoms with Crippen LogP contribution >= 0.6 is 11.3 Å². The van der Waals surface area contributed by atoms with E-state index in [1.54, 1.807) is 12.3 Å². The number of benzene rings is 1. The first-order valence-electron chi connectivity index (χ1n) is 10.8. The Labute approximate surface area is 190 Å². The van der Waals surface area contributed by atoms with Crippen molar-refractivity contribution in [3.05, 3.63) is 69.1 Å². The van der Waals surface area contributed by atoms with Gasteiger partial charge >= 0.3 is 5.97 Å². The van der Waals surface area contributed by atoms with E-state index in [9.17, 15) is 14.3 Å². The Bertz CT molecular complexity index is 1100. The monoisotopic (exact) mass is 455 g/mol. The predicted octanol–water partition coefficient (Wildman–Crippen LogP) is 4.83. The third-order valence-electron chi connectivity index (χ3n) is 5.63. The summed E-state index contributed by atoms with van der Waals surface area (Å²) in [6, 6.07) is 8.83. The molecule has 0 amide bonds. The van der Waals surface area contributed by atoms with Crippen molar-refractivity contribution in [2.45, 2.75) is 44.4 Å². The number of ether oxygens (including phenoxy) is 1. The molecule has 8 heteroatoms. The van der Waals surface area contributed by atoms with Gasteiger partial charge in [0.1, 0.15) is 10.8 Å². The van der Waals surface area contributed by atoms with E-state index in [-0.39, 0.29) is 12.2 Å². The summed E-state index contributed by atoms with van der Waals surface area (Å²) in [6.45, 7) is 0.975. The number of pyridine rings is 1. The smallest absolute Gasteiger partial charge is 0.304 e. The Morgan fingerprint density at radius 2 is 2.19 bits per heavy atom. The van der Waals surface area contributed by atoms with E-state index in [1.807, 2.05) is 0 Å². The van der Waals surface area contributed by atoms with Crippen molar-refractivity contribution in [2.24, 2.45) is 0 Å². The standard InChI is InChI=1S/C24H26FN3O3S/c1-31-21-10-8-16(12-20(21)25)19(13-22(29)30)24-27-14-18(32-24)6-2-5-17-9-7-15-4-3-11-26-23(15)28-17/h7-10,12,14,19H,2-6,11,13H2,1H3,(H,26,28)(H,29,30).